The first-order valence-corrected chi connectivity index (χ1v) is 6.97. The van der Waals surface area contributed by atoms with Gasteiger partial charge < -0.3 is 19.7 Å². The number of rotatable bonds is 9. The molecule has 0 spiro atoms. The Morgan fingerprint density at radius 1 is 1.22 bits per heavy atom. The predicted octanol–water partition coefficient (Wildman–Crippen LogP) is 0.640. The van der Waals surface area contributed by atoms with Crippen molar-refractivity contribution in [3.05, 3.63) is 0 Å². The Morgan fingerprint density at radius 2 is 1.83 bits per heavy atom. The van der Waals surface area contributed by atoms with Crippen LogP contribution >= 0.6 is 0 Å². The van der Waals surface area contributed by atoms with E-state index in [2.05, 4.69) is 5.32 Å². The number of carbonyl (C=O) groups excluding carboxylic acids is 1. The molecule has 1 rings (SSSR count). The lowest BCUT2D eigenvalue weighted by Crippen LogP contribution is -2.46. The van der Waals surface area contributed by atoms with Gasteiger partial charge in [0.15, 0.2) is 0 Å². The van der Waals surface area contributed by atoms with Crippen LogP contribution in [-0.4, -0.2) is 62.9 Å². The van der Waals surface area contributed by atoms with Crippen molar-refractivity contribution in [1.29, 1.82) is 0 Å². The zero-order valence-corrected chi connectivity index (χ0v) is 11.6. The molecule has 1 N–H and O–H groups in total. The van der Waals surface area contributed by atoms with Crippen molar-refractivity contribution in [3.8, 4) is 0 Å². The smallest absolute Gasteiger partial charge is 0.239 e. The second kappa shape index (κ2) is 9.30. The largest absolute Gasteiger partial charge is 0.380 e. The van der Waals surface area contributed by atoms with Crippen LogP contribution in [-0.2, 0) is 14.3 Å². The van der Waals surface area contributed by atoms with Gasteiger partial charge in [-0.05, 0) is 33.2 Å². The molecule has 106 valence electrons. The van der Waals surface area contributed by atoms with Gasteiger partial charge in [-0.15, -0.1) is 0 Å². The summed E-state index contributed by atoms with van der Waals surface area (Å²) >= 11 is 0. The first-order chi connectivity index (χ1) is 8.79. The van der Waals surface area contributed by atoms with Crippen LogP contribution < -0.4 is 5.32 Å². The highest BCUT2D eigenvalue weighted by atomic mass is 16.5. The Hall–Kier alpha value is -0.650. The lowest BCUT2D eigenvalue weighted by atomic mass is 10.2. The van der Waals surface area contributed by atoms with E-state index in [-0.39, 0.29) is 11.9 Å². The minimum absolute atomic E-state index is 0.00625. The Kier molecular flexibility index (Phi) is 7.96. The van der Waals surface area contributed by atoms with Crippen LogP contribution in [0.1, 0.15) is 26.7 Å². The maximum atomic E-state index is 12.3. The average molecular weight is 258 g/mol. The number of carbonyl (C=O) groups is 1. The highest BCUT2D eigenvalue weighted by molar-refractivity contribution is 5.82. The molecule has 0 aromatic heterocycles. The van der Waals surface area contributed by atoms with Gasteiger partial charge in [0.2, 0.25) is 5.91 Å². The number of amides is 1. The van der Waals surface area contributed by atoms with Crippen LogP contribution in [0.25, 0.3) is 0 Å². The minimum Gasteiger partial charge on any atom is -0.380 e. The number of nitrogens with zero attached hydrogens (tertiary/aromatic N) is 1. The number of hydrogen-bond donors (Lipinski definition) is 1. The summed E-state index contributed by atoms with van der Waals surface area (Å²) in [5, 5.41) is 3.24. The van der Waals surface area contributed by atoms with Crippen LogP contribution in [0.4, 0.5) is 0 Å². The van der Waals surface area contributed by atoms with E-state index < -0.39 is 0 Å². The van der Waals surface area contributed by atoms with E-state index in [1.54, 1.807) is 0 Å². The second-order valence-electron chi connectivity index (χ2n) is 4.37. The molecule has 1 heterocycles. The molecule has 0 bridgehead atoms. The van der Waals surface area contributed by atoms with Crippen molar-refractivity contribution in [1.82, 2.24) is 10.2 Å². The van der Waals surface area contributed by atoms with E-state index in [1.165, 1.54) is 0 Å². The lowest BCUT2D eigenvalue weighted by molar-refractivity contribution is -0.134. The minimum atomic E-state index is -0.00625. The van der Waals surface area contributed by atoms with Gasteiger partial charge in [-0.1, -0.05) is 0 Å². The maximum absolute atomic E-state index is 12.3. The molecule has 1 atom stereocenters. The molecule has 18 heavy (non-hydrogen) atoms. The van der Waals surface area contributed by atoms with E-state index in [4.69, 9.17) is 9.47 Å². The molecule has 1 aliphatic heterocycles. The first-order valence-electron chi connectivity index (χ1n) is 6.97. The van der Waals surface area contributed by atoms with E-state index >= 15 is 0 Å². The number of nitrogens with one attached hydrogen (secondary N) is 1. The van der Waals surface area contributed by atoms with Crippen molar-refractivity contribution in [3.63, 3.8) is 0 Å². The van der Waals surface area contributed by atoms with E-state index in [0.717, 1.165) is 19.4 Å². The highest BCUT2D eigenvalue weighted by Crippen LogP contribution is 2.08. The zero-order valence-electron chi connectivity index (χ0n) is 11.6. The summed E-state index contributed by atoms with van der Waals surface area (Å²) < 4.78 is 10.7. The van der Waals surface area contributed by atoms with E-state index in [1.807, 2.05) is 18.7 Å². The summed E-state index contributed by atoms with van der Waals surface area (Å²) in [5.74, 6) is 0.187. The molecule has 1 fully saturated rings. The van der Waals surface area contributed by atoms with Crippen molar-refractivity contribution < 1.29 is 14.3 Å². The molecule has 1 amide bonds. The van der Waals surface area contributed by atoms with Crippen molar-refractivity contribution >= 4 is 5.91 Å². The standard InChI is InChI=1S/C13H26N2O3/c1-3-17-10-8-15(9-11-18-4-2)13(16)12-6-5-7-14-12/h12,14H,3-11H2,1-2H3/t12-/m1/s1. The molecule has 0 aliphatic carbocycles. The SMILES string of the molecule is CCOCCN(CCOCC)C(=O)[C@H]1CCCN1. The van der Waals surface area contributed by atoms with Gasteiger partial charge in [0, 0.05) is 26.3 Å². The van der Waals surface area contributed by atoms with E-state index in [9.17, 15) is 4.79 Å². The van der Waals surface area contributed by atoms with Crippen LogP contribution in [0.2, 0.25) is 0 Å². The van der Waals surface area contributed by atoms with Crippen molar-refractivity contribution in [2.75, 3.05) is 46.1 Å². The molecule has 0 aromatic carbocycles. The molecule has 0 aromatic rings. The summed E-state index contributed by atoms with van der Waals surface area (Å²) in [4.78, 5) is 14.1. The molecule has 0 saturated carbocycles. The molecule has 1 aliphatic rings. The molecule has 0 radical (unpaired) electrons. The molecule has 5 heteroatoms. The van der Waals surface area contributed by atoms with Crippen molar-refractivity contribution in [2.45, 2.75) is 32.7 Å². The van der Waals surface area contributed by atoms with Gasteiger partial charge >= 0.3 is 0 Å². The summed E-state index contributed by atoms with van der Waals surface area (Å²) in [6.07, 6.45) is 2.03. The number of ether oxygens (including phenoxy) is 2. The fraction of sp³-hybridized carbons (Fsp3) is 0.923. The Bertz CT molecular complexity index is 220. The van der Waals surface area contributed by atoms with Crippen LogP contribution in [0.3, 0.4) is 0 Å². The van der Waals surface area contributed by atoms with Gasteiger partial charge in [-0.3, -0.25) is 4.79 Å². The highest BCUT2D eigenvalue weighted by Gasteiger charge is 2.26. The second-order valence-corrected chi connectivity index (χ2v) is 4.37. The predicted molar refractivity (Wildman–Crippen MR) is 70.6 cm³/mol. The third-order valence-corrected chi connectivity index (χ3v) is 3.09. The summed E-state index contributed by atoms with van der Waals surface area (Å²) in [7, 11) is 0. The first kappa shape index (κ1) is 15.4. The van der Waals surface area contributed by atoms with Gasteiger partial charge in [-0.25, -0.2) is 0 Å². The monoisotopic (exact) mass is 258 g/mol. The number of hydrogen-bond acceptors (Lipinski definition) is 4. The third kappa shape index (κ3) is 5.33. The third-order valence-electron chi connectivity index (χ3n) is 3.09. The van der Waals surface area contributed by atoms with Crippen LogP contribution in [0.5, 0.6) is 0 Å². The average Bonchev–Trinajstić information content (AvgIpc) is 2.90. The van der Waals surface area contributed by atoms with Crippen LogP contribution in [0, 0.1) is 0 Å². The van der Waals surface area contributed by atoms with Crippen LogP contribution in [0.15, 0.2) is 0 Å². The Labute approximate surface area is 110 Å². The Morgan fingerprint density at radius 3 is 2.28 bits per heavy atom. The molecular weight excluding hydrogens is 232 g/mol. The normalized spacial score (nSPS) is 19.1. The van der Waals surface area contributed by atoms with Crippen molar-refractivity contribution in [2.24, 2.45) is 0 Å². The fourth-order valence-electron chi connectivity index (χ4n) is 2.09. The summed E-state index contributed by atoms with van der Waals surface area (Å²) in [6, 6.07) is -0.00625. The Balaban J connectivity index is 2.38. The van der Waals surface area contributed by atoms with Gasteiger partial charge in [0.25, 0.3) is 0 Å². The molecule has 1 saturated heterocycles. The maximum Gasteiger partial charge on any atom is 0.239 e. The fourth-order valence-corrected chi connectivity index (χ4v) is 2.09. The molecule has 5 nitrogen and oxygen atoms in total. The van der Waals surface area contributed by atoms with E-state index in [0.29, 0.717) is 39.5 Å². The molecular formula is C13H26N2O3. The topological polar surface area (TPSA) is 50.8 Å². The summed E-state index contributed by atoms with van der Waals surface area (Å²) in [6.45, 7) is 8.75. The zero-order chi connectivity index (χ0) is 13.2. The van der Waals surface area contributed by atoms with Gasteiger partial charge in [0.1, 0.15) is 0 Å². The van der Waals surface area contributed by atoms with Gasteiger partial charge in [-0.2, -0.15) is 0 Å². The van der Waals surface area contributed by atoms with Gasteiger partial charge in [0.05, 0.1) is 19.3 Å². The lowest BCUT2D eigenvalue weighted by Gasteiger charge is -2.25. The summed E-state index contributed by atoms with van der Waals surface area (Å²) in [5.41, 5.74) is 0. The quantitative estimate of drug-likeness (QED) is 0.617. The molecule has 0 unspecified atom stereocenters.